The topological polar surface area (TPSA) is 75.7 Å². The maximum absolute atomic E-state index is 12.7. The van der Waals surface area contributed by atoms with Gasteiger partial charge in [-0.2, -0.15) is 4.31 Å². The van der Waals surface area contributed by atoms with E-state index in [-0.39, 0.29) is 23.8 Å². The summed E-state index contributed by atoms with van der Waals surface area (Å²) < 4.78 is 32.6. The molecule has 1 aliphatic rings. The Morgan fingerprint density at radius 2 is 1.72 bits per heavy atom. The fraction of sp³-hybridized carbons (Fsp3) is 0.409. The lowest BCUT2D eigenvalue weighted by Gasteiger charge is -2.25. The predicted octanol–water partition coefficient (Wildman–Crippen LogP) is 3.89. The van der Waals surface area contributed by atoms with Gasteiger partial charge in [-0.05, 0) is 68.1 Å². The van der Waals surface area contributed by atoms with Crippen molar-refractivity contribution >= 4 is 21.6 Å². The number of nitrogens with one attached hydrogen (secondary N) is 1. The van der Waals surface area contributed by atoms with E-state index in [1.54, 1.807) is 24.3 Å². The van der Waals surface area contributed by atoms with E-state index in [9.17, 15) is 13.2 Å². The number of piperidine rings is 1. The Balaban J connectivity index is 1.52. The van der Waals surface area contributed by atoms with Crippen LogP contribution in [-0.2, 0) is 14.8 Å². The number of amides is 1. The number of hydrogen-bond donors (Lipinski definition) is 1. The van der Waals surface area contributed by atoms with E-state index >= 15 is 0 Å². The Bertz CT molecular complexity index is 949. The van der Waals surface area contributed by atoms with Crippen LogP contribution in [0.3, 0.4) is 0 Å². The summed E-state index contributed by atoms with van der Waals surface area (Å²) in [4.78, 5) is 12.4. The highest BCUT2D eigenvalue weighted by Gasteiger charge is 2.25. The molecule has 3 rings (SSSR count). The lowest BCUT2D eigenvalue weighted by Crippen LogP contribution is -2.35. The Morgan fingerprint density at radius 3 is 2.41 bits per heavy atom. The standard InChI is InChI=1S/C22H28N2O4S/c1-17-6-7-18(2)21(16-17)28-15-12-22(25)23-19-8-10-20(11-9-19)29(26,27)24-13-4-3-5-14-24/h6-11,16H,3-5,12-15H2,1-2H3,(H,23,25). The molecule has 7 heteroatoms. The van der Waals surface area contributed by atoms with Gasteiger partial charge in [0.2, 0.25) is 15.9 Å². The minimum atomic E-state index is -3.46. The summed E-state index contributed by atoms with van der Waals surface area (Å²) in [5.41, 5.74) is 2.70. The molecule has 156 valence electrons. The second-order valence-corrected chi connectivity index (χ2v) is 9.34. The van der Waals surface area contributed by atoms with Crippen LogP contribution in [0.5, 0.6) is 5.75 Å². The second-order valence-electron chi connectivity index (χ2n) is 7.40. The molecule has 1 heterocycles. The molecule has 1 saturated heterocycles. The molecule has 1 N–H and O–H groups in total. The van der Waals surface area contributed by atoms with Crippen molar-refractivity contribution in [3.05, 3.63) is 53.6 Å². The number of nitrogens with zero attached hydrogens (tertiary/aromatic N) is 1. The second kappa shape index (κ2) is 9.41. The van der Waals surface area contributed by atoms with E-state index in [1.165, 1.54) is 4.31 Å². The maximum atomic E-state index is 12.7. The van der Waals surface area contributed by atoms with Crippen LogP contribution in [0, 0.1) is 13.8 Å². The van der Waals surface area contributed by atoms with Crippen molar-refractivity contribution in [2.45, 2.75) is 44.4 Å². The highest BCUT2D eigenvalue weighted by molar-refractivity contribution is 7.89. The molecule has 0 aromatic heterocycles. The molecular weight excluding hydrogens is 388 g/mol. The molecule has 0 radical (unpaired) electrons. The highest BCUT2D eigenvalue weighted by Crippen LogP contribution is 2.22. The van der Waals surface area contributed by atoms with Crippen LogP contribution in [0.25, 0.3) is 0 Å². The third-order valence-electron chi connectivity index (χ3n) is 5.02. The van der Waals surface area contributed by atoms with E-state index < -0.39 is 10.0 Å². The zero-order chi connectivity index (χ0) is 20.9. The lowest BCUT2D eigenvalue weighted by atomic mass is 10.1. The SMILES string of the molecule is Cc1ccc(C)c(OCCC(=O)Nc2ccc(S(=O)(=O)N3CCCCC3)cc2)c1. The normalized spacial score (nSPS) is 15.1. The van der Waals surface area contributed by atoms with Crippen LogP contribution in [0.1, 0.15) is 36.8 Å². The zero-order valence-corrected chi connectivity index (χ0v) is 17.8. The molecule has 6 nitrogen and oxygen atoms in total. The third kappa shape index (κ3) is 5.58. The van der Waals surface area contributed by atoms with Gasteiger partial charge in [-0.15, -0.1) is 0 Å². The number of rotatable bonds is 7. The quantitative estimate of drug-likeness (QED) is 0.743. The first kappa shape index (κ1) is 21.3. The molecule has 0 spiro atoms. The minimum absolute atomic E-state index is 0.179. The van der Waals surface area contributed by atoms with Crippen molar-refractivity contribution in [2.24, 2.45) is 0 Å². The zero-order valence-electron chi connectivity index (χ0n) is 17.0. The van der Waals surface area contributed by atoms with Crippen LogP contribution < -0.4 is 10.1 Å². The first-order chi connectivity index (χ1) is 13.9. The Kier molecular flexibility index (Phi) is 6.92. The van der Waals surface area contributed by atoms with Gasteiger partial charge in [0.1, 0.15) is 5.75 Å². The number of benzene rings is 2. The van der Waals surface area contributed by atoms with Crippen molar-refractivity contribution in [3.63, 3.8) is 0 Å². The number of hydrogen-bond acceptors (Lipinski definition) is 4. The summed E-state index contributed by atoms with van der Waals surface area (Å²) in [5.74, 6) is 0.604. The number of sulfonamides is 1. The predicted molar refractivity (Wildman–Crippen MR) is 114 cm³/mol. The average molecular weight is 417 g/mol. The smallest absolute Gasteiger partial charge is 0.243 e. The van der Waals surface area contributed by atoms with Crippen molar-refractivity contribution in [1.29, 1.82) is 0 Å². The monoisotopic (exact) mass is 416 g/mol. The van der Waals surface area contributed by atoms with Gasteiger partial charge in [0.25, 0.3) is 0 Å². The molecule has 1 amide bonds. The molecule has 0 unspecified atom stereocenters. The Hall–Kier alpha value is -2.38. The molecule has 1 fully saturated rings. The van der Waals surface area contributed by atoms with Crippen molar-refractivity contribution in [3.8, 4) is 5.75 Å². The van der Waals surface area contributed by atoms with Gasteiger partial charge in [-0.1, -0.05) is 18.6 Å². The Labute approximate surface area is 172 Å². The highest BCUT2D eigenvalue weighted by atomic mass is 32.2. The van der Waals surface area contributed by atoms with Crippen LogP contribution in [0.2, 0.25) is 0 Å². The number of carbonyl (C=O) groups is 1. The van der Waals surface area contributed by atoms with Gasteiger partial charge in [-0.3, -0.25) is 4.79 Å². The molecule has 1 aliphatic heterocycles. The molecule has 2 aromatic carbocycles. The number of anilines is 1. The van der Waals surface area contributed by atoms with Crippen molar-refractivity contribution in [1.82, 2.24) is 4.31 Å². The fourth-order valence-corrected chi connectivity index (χ4v) is 4.82. The van der Waals surface area contributed by atoms with Crippen molar-refractivity contribution in [2.75, 3.05) is 25.0 Å². The first-order valence-corrected chi connectivity index (χ1v) is 11.4. The van der Waals surface area contributed by atoms with Gasteiger partial charge in [0.05, 0.1) is 17.9 Å². The first-order valence-electron chi connectivity index (χ1n) is 9.96. The minimum Gasteiger partial charge on any atom is -0.493 e. The summed E-state index contributed by atoms with van der Waals surface area (Å²) in [6, 6.07) is 12.3. The summed E-state index contributed by atoms with van der Waals surface area (Å²) in [6.45, 7) is 5.38. The summed E-state index contributed by atoms with van der Waals surface area (Å²) in [7, 11) is -3.46. The van der Waals surface area contributed by atoms with Gasteiger partial charge in [0.15, 0.2) is 0 Å². The summed E-state index contributed by atoms with van der Waals surface area (Å²) in [5, 5.41) is 2.79. The van der Waals surface area contributed by atoms with Gasteiger partial charge >= 0.3 is 0 Å². The average Bonchev–Trinajstić information content (AvgIpc) is 2.71. The summed E-state index contributed by atoms with van der Waals surface area (Å²) >= 11 is 0. The molecule has 29 heavy (non-hydrogen) atoms. The van der Waals surface area contributed by atoms with Crippen LogP contribution >= 0.6 is 0 Å². The molecule has 0 atom stereocenters. The largest absolute Gasteiger partial charge is 0.493 e. The van der Waals surface area contributed by atoms with E-state index in [4.69, 9.17) is 4.74 Å². The third-order valence-corrected chi connectivity index (χ3v) is 6.93. The molecule has 0 bridgehead atoms. The van der Waals surface area contributed by atoms with E-state index in [1.807, 2.05) is 32.0 Å². The van der Waals surface area contributed by atoms with E-state index in [2.05, 4.69) is 5.32 Å². The molecular formula is C22H28N2O4S. The van der Waals surface area contributed by atoms with E-state index in [0.717, 1.165) is 36.1 Å². The maximum Gasteiger partial charge on any atom is 0.243 e. The number of ether oxygens (including phenoxy) is 1. The van der Waals surface area contributed by atoms with Gasteiger partial charge < -0.3 is 10.1 Å². The summed E-state index contributed by atoms with van der Waals surface area (Å²) in [6.07, 6.45) is 3.08. The fourth-order valence-electron chi connectivity index (χ4n) is 3.30. The van der Waals surface area contributed by atoms with Gasteiger partial charge in [0, 0.05) is 18.8 Å². The number of aryl methyl sites for hydroxylation is 2. The van der Waals surface area contributed by atoms with Gasteiger partial charge in [-0.25, -0.2) is 8.42 Å². The van der Waals surface area contributed by atoms with Crippen LogP contribution in [-0.4, -0.2) is 38.3 Å². The lowest BCUT2D eigenvalue weighted by molar-refractivity contribution is -0.116. The molecule has 2 aromatic rings. The number of carbonyl (C=O) groups excluding carboxylic acids is 1. The Morgan fingerprint density at radius 1 is 1.03 bits per heavy atom. The van der Waals surface area contributed by atoms with Crippen LogP contribution in [0.15, 0.2) is 47.4 Å². The van der Waals surface area contributed by atoms with E-state index in [0.29, 0.717) is 18.8 Å². The van der Waals surface area contributed by atoms with Crippen molar-refractivity contribution < 1.29 is 17.9 Å². The van der Waals surface area contributed by atoms with Crippen LogP contribution in [0.4, 0.5) is 5.69 Å². The molecule has 0 aliphatic carbocycles. The molecule has 0 saturated carbocycles.